The van der Waals surface area contributed by atoms with Gasteiger partial charge in [-0.15, -0.1) is 0 Å². The SMILES string of the molecule is COc1ccc(CCN2C(=O)/C(=C\c3c(Oc4cc(C)ccc4C(C)C)nc4ccccn4c3=O)SC2=S)cc1. The van der Waals surface area contributed by atoms with Gasteiger partial charge in [0.15, 0.2) is 0 Å². The number of hydrogen-bond donors (Lipinski definition) is 0. The van der Waals surface area contributed by atoms with Crippen LogP contribution in [0.1, 0.15) is 42.0 Å². The lowest BCUT2D eigenvalue weighted by Crippen LogP contribution is -2.30. The standard InChI is InChI=1S/C31H29N3O4S2/c1-19(2)23-13-8-20(3)17-25(23)38-28-24(29(35)33-15-6-5-7-27(33)32-28)18-26-30(36)34(31(39)40-26)16-14-21-9-11-22(37-4)12-10-21/h5-13,15,17-19H,14,16H2,1-4H3/b26-18+. The molecule has 1 amide bonds. The number of carbonyl (C=O) groups excluding carboxylic acids is 1. The lowest BCUT2D eigenvalue weighted by atomic mass is 10.0. The molecule has 3 heterocycles. The minimum atomic E-state index is -0.331. The molecule has 0 saturated carbocycles. The normalized spacial score (nSPS) is 14.5. The van der Waals surface area contributed by atoms with Crippen LogP contribution in [0, 0.1) is 6.92 Å². The maximum atomic E-state index is 13.7. The van der Waals surface area contributed by atoms with Gasteiger partial charge in [-0.1, -0.05) is 68.2 Å². The fourth-order valence-electron chi connectivity index (χ4n) is 4.45. The second-order valence-corrected chi connectivity index (χ2v) is 11.5. The van der Waals surface area contributed by atoms with Crippen molar-refractivity contribution in [3.8, 4) is 17.4 Å². The van der Waals surface area contributed by atoms with Gasteiger partial charge in [-0.05, 0) is 72.4 Å². The molecule has 7 nitrogen and oxygen atoms in total. The predicted octanol–water partition coefficient (Wildman–Crippen LogP) is 6.37. The van der Waals surface area contributed by atoms with E-state index < -0.39 is 0 Å². The van der Waals surface area contributed by atoms with Crippen LogP contribution in [0.4, 0.5) is 0 Å². The molecule has 5 rings (SSSR count). The third-order valence-corrected chi connectivity index (χ3v) is 8.04. The van der Waals surface area contributed by atoms with Crippen molar-refractivity contribution in [2.75, 3.05) is 13.7 Å². The smallest absolute Gasteiger partial charge is 0.269 e. The number of carbonyl (C=O) groups is 1. The Morgan fingerprint density at radius 2 is 1.85 bits per heavy atom. The number of hydrogen-bond acceptors (Lipinski definition) is 7. The van der Waals surface area contributed by atoms with E-state index >= 15 is 0 Å². The van der Waals surface area contributed by atoms with Crippen LogP contribution in [0.3, 0.4) is 0 Å². The molecule has 0 aliphatic carbocycles. The predicted molar refractivity (Wildman–Crippen MR) is 163 cm³/mol. The van der Waals surface area contributed by atoms with E-state index in [9.17, 15) is 9.59 Å². The number of thiocarbonyl (C=S) groups is 1. The van der Waals surface area contributed by atoms with Crippen LogP contribution in [0.15, 0.2) is 76.6 Å². The van der Waals surface area contributed by atoms with E-state index in [-0.39, 0.29) is 28.8 Å². The number of nitrogens with zero attached hydrogens (tertiary/aromatic N) is 3. The first kappa shape index (κ1) is 27.6. The summed E-state index contributed by atoms with van der Waals surface area (Å²) in [6, 6.07) is 19.0. The minimum absolute atomic E-state index is 0.146. The van der Waals surface area contributed by atoms with Crippen molar-refractivity contribution in [1.29, 1.82) is 0 Å². The molecule has 1 fully saturated rings. The summed E-state index contributed by atoms with van der Waals surface area (Å²) in [7, 11) is 1.62. The molecular formula is C31H29N3O4S2. The van der Waals surface area contributed by atoms with Gasteiger partial charge in [0.2, 0.25) is 5.88 Å². The molecule has 204 valence electrons. The Hall–Kier alpha value is -3.95. The highest BCUT2D eigenvalue weighted by Crippen LogP contribution is 2.36. The Morgan fingerprint density at radius 1 is 1.07 bits per heavy atom. The largest absolute Gasteiger partial charge is 0.497 e. The number of aromatic nitrogens is 2. The van der Waals surface area contributed by atoms with Crippen LogP contribution in [0.2, 0.25) is 0 Å². The summed E-state index contributed by atoms with van der Waals surface area (Å²) in [4.78, 5) is 33.7. The van der Waals surface area contributed by atoms with Gasteiger partial charge in [0.1, 0.15) is 27.0 Å². The van der Waals surface area contributed by atoms with Gasteiger partial charge in [0.25, 0.3) is 11.5 Å². The molecule has 0 bridgehead atoms. The quantitative estimate of drug-likeness (QED) is 0.180. The average molecular weight is 572 g/mol. The van der Waals surface area contributed by atoms with E-state index in [0.717, 1.165) is 22.4 Å². The van der Waals surface area contributed by atoms with Crippen LogP contribution >= 0.6 is 24.0 Å². The van der Waals surface area contributed by atoms with Gasteiger partial charge in [-0.3, -0.25) is 18.9 Å². The zero-order valence-corrected chi connectivity index (χ0v) is 24.3. The van der Waals surface area contributed by atoms with Gasteiger partial charge in [-0.2, -0.15) is 4.98 Å². The molecule has 0 N–H and O–H groups in total. The topological polar surface area (TPSA) is 73.1 Å². The van der Waals surface area contributed by atoms with Gasteiger partial charge in [-0.25, -0.2) is 0 Å². The van der Waals surface area contributed by atoms with Gasteiger partial charge >= 0.3 is 0 Å². The number of benzene rings is 2. The van der Waals surface area contributed by atoms with E-state index in [4.69, 9.17) is 21.7 Å². The lowest BCUT2D eigenvalue weighted by molar-refractivity contribution is -0.122. The van der Waals surface area contributed by atoms with E-state index in [1.165, 1.54) is 16.2 Å². The fraction of sp³-hybridized carbons (Fsp3) is 0.226. The van der Waals surface area contributed by atoms with Crippen LogP contribution in [0.5, 0.6) is 17.4 Å². The number of ether oxygens (including phenoxy) is 2. The van der Waals surface area contributed by atoms with Crippen molar-refractivity contribution in [3.63, 3.8) is 0 Å². The van der Waals surface area contributed by atoms with Crippen LogP contribution in [-0.2, 0) is 11.2 Å². The molecule has 2 aromatic carbocycles. The summed E-state index contributed by atoms with van der Waals surface area (Å²) in [5.74, 6) is 1.50. The number of methoxy groups -OCH3 is 1. The summed E-state index contributed by atoms with van der Waals surface area (Å²) in [5, 5.41) is 0. The number of rotatable bonds is 8. The first-order valence-corrected chi connectivity index (χ1v) is 14.2. The first-order chi connectivity index (χ1) is 19.2. The molecule has 0 radical (unpaired) electrons. The Labute approximate surface area is 242 Å². The monoisotopic (exact) mass is 571 g/mol. The lowest BCUT2D eigenvalue weighted by Gasteiger charge is -2.16. The molecule has 1 saturated heterocycles. The second kappa shape index (κ2) is 11.7. The molecule has 0 unspecified atom stereocenters. The van der Waals surface area contributed by atoms with Crippen LogP contribution < -0.4 is 15.0 Å². The average Bonchev–Trinajstić information content (AvgIpc) is 3.21. The van der Waals surface area contributed by atoms with Crippen LogP contribution in [0.25, 0.3) is 11.7 Å². The van der Waals surface area contributed by atoms with Crippen molar-refractivity contribution in [3.05, 3.63) is 104 Å². The summed E-state index contributed by atoms with van der Waals surface area (Å²) in [6.45, 7) is 6.57. The fourth-order valence-corrected chi connectivity index (χ4v) is 5.74. The third kappa shape index (κ3) is 5.66. The number of amides is 1. The van der Waals surface area contributed by atoms with Gasteiger partial charge in [0.05, 0.1) is 12.0 Å². The third-order valence-electron chi connectivity index (χ3n) is 6.66. The summed E-state index contributed by atoms with van der Waals surface area (Å²) >= 11 is 6.73. The molecule has 2 aromatic heterocycles. The summed E-state index contributed by atoms with van der Waals surface area (Å²) in [6.07, 6.45) is 3.84. The van der Waals surface area contributed by atoms with E-state index in [1.807, 2.05) is 55.5 Å². The highest BCUT2D eigenvalue weighted by Gasteiger charge is 2.32. The minimum Gasteiger partial charge on any atom is -0.497 e. The molecule has 0 atom stereocenters. The Balaban J connectivity index is 1.50. The Bertz CT molecular complexity index is 1690. The maximum absolute atomic E-state index is 13.7. The number of fused-ring (bicyclic) bond motifs is 1. The van der Waals surface area contributed by atoms with Crippen molar-refractivity contribution >= 4 is 45.9 Å². The molecule has 1 aliphatic heterocycles. The molecule has 9 heteroatoms. The molecule has 40 heavy (non-hydrogen) atoms. The van der Waals surface area contributed by atoms with E-state index in [1.54, 1.807) is 36.4 Å². The number of aryl methyl sites for hydroxylation is 1. The van der Waals surface area contributed by atoms with Crippen molar-refractivity contribution in [2.45, 2.75) is 33.1 Å². The van der Waals surface area contributed by atoms with Gasteiger partial charge in [0, 0.05) is 12.7 Å². The molecular weight excluding hydrogens is 542 g/mol. The summed E-state index contributed by atoms with van der Waals surface area (Å²) < 4.78 is 13.5. The van der Waals surface area contributed by atoms with Crippen molar-refractivity contribution < 1.29 is 14.3 Å². The highest BCUT2D eigenvalue weighted by atomic mass is 32.2. The zero-order chi connectivity index (χ0) is 28.4. The van der Waals surface area contributed by atoms with Gasteiger partial charge < -0.3 is 9.47 Å². The highest BCUT2D eigenvalue weighted by molar-refractivity contribution is 8.26. The molecule has 1 aliphatic rings. The summed E-state index contributed by atoms with van der Waals surface area (Å²) in [5.41, 5.74) is 3.39. The first-order valence-electron chi connectivity index (χ1n) is 12.9. The maximum Gasteiger partial charge on any atom is 0.269 e. The number of pyridine rings is 1. The van der Waals surface area contributed by atoms with E-state index in [2.05, 4.69) is 18.8 Å². The Kier molecular flexibility index (Phi) is 8.04. The zero-order valence-electron chi connectivity index (χ0n) is 22.7. The number of thioether (sulfide) groups is 1. The van der Waals surface area contributed by atoms with Crippen LogP contribution in [-0.4, -0.2) is 38.2 Å². The van der Waals surface area contributed by atoms with Crippen molar-refractivity contribution in [2.24, 2.45) is 0 Å². The second-order valence-electron chi connectivity index (χ2n) is 9.79. The Morgan fingerprint density at radius 3 is 2.58 bits per heavy atom. The molecule has 4 aromatic rings. The molecule has 0 spiro atoms. The van der Waals surface area contributed by atoms with Crippen molar-refractivity contribution in [1.82, 2.24) is 14.3 Å². The van der Waals surface area contributed by atoms with E-state index in [0.29, 0.717) is 33.6 Å².